The second-order valence-electron chi connectivity index (χ2n) is 5.21. The van der Waals surface area contributed by atoms with Crippen LogP contribution in [-0.4, -0.2) is 42.9 Å². The predicted octanol–water partition coefficient (Wildman–Crippen LogP) is 2.84. The molecule has 5 nitrogen and oxygen atoms in total. The molecule has 0 radical (unpaired) electrons. The highest BCUT2D eigenvalue weighted by molar-refractivity contribution is 9.10. The van der Waals surface area contributed by atoms with Gasteiger partial charge >= 0.3 is 0 Å². The standard InChI is InChI=1S/C15H18BrN3O2/c1-19-5-4-12-11(8-19)14(18-17-12)10-6-9(16)7-13(20-2)15(10)21-3/h6-7H,4-5,8H2,1-3H3,(H,17,18). The van der Waals surface area contributed by atoms with E-state index < -0.39 is 0 Å². The molecule has 0 bridgehead atoms. The fourth-order valence-electron chi connectivity index (χ4n) is 2.76. The van der Waals surface area contributed by atoms with Crippen molar-refractivity contribution in [3.63, 3.8) is 0 Å². The van der Waals surface area contributed by atoms with Gasteiger partial charge in [-0.25, -0.2) is 0 Å². The van der Waals surface area contributed by atoms with Gasteiger partial charge in [0.25, 0.3) is 0 Å². The summed E-state index contributed by atoms with van der Waals surface area (Å²) in [4.78, 5) is 2.29. The van der Waals surface area contributed by atoms with E-state index in [1.807, 2.05) is 12.1 Å². The lowest BCUT2D eigenvalue weighted by Crippen LogP contribution is -2.26. The number of benzene rings is 1. The zero-order valence-corrected chi connectivity index (χ0v) is 14.0. The van der Waals surface area contributed by atoms with E-state index in [1.165, 1.54) is 11.3 Å². The summed E-state index contributed by atoms with van der Waals surface area (Å²) in [6.45, 7) is 1.94. The Morgan fingerprint density at radius 1 is 1.29 bits per heavy atom. The van der Waals surface area contributed by atoms with Gasteiger partial charge in [0.2, 0.25) is 0 Å². The van der Waals surface area contributed by atoms with Crippen LogP contribution in [0.15, 0.2) is 16.6 Å². The Balaban J connectivity index is 2.17. The van der Waals surface area contributed by atoms with E-state index in [9.17, 15) is 0 Å². The smallest absolute Gasteiger partial charge is 0.170 e. The number of hydrogen-bond donors (Lipinski definition) is 1. The Kier molecular flexibility index (Phi) is 3.91. The summed E-state index contributed by atoms with van der Waals surface area (Å²) in [5.74, 6) is 1.41. The first-order valence-corrected chi connectivity index (χ1v) is 7.60. The molecule has 0 fully saturated rings. The number of nitrogens with one attached hydrogen (secondary N) is 1. The topological polar surface area (TPSA) is 50.4 Å². The number of halogens is 1. The molecule has 21 heavy (non-hydrogen) atoms. The van der Waals surface area contributed by atoms with Gasteiger partial charge in [0.1, 0.15) is 5.69 Å². The second-order valence-corrected chi connectivity index (χ2v) is 6.12. The van der Waals surface area contributed by atoms with E-state index in [0.29, 0.717) is 11.5 Å². The minimum Gasteiger partial charge on any atom is -0.493 e. The zero-order chi connectivity index (χ0) is 15.0. The van der Waals surface area contributed by atoms with Crippen LogP contribution in [0.1, 0.15) is 11.3 Å². The average molecular weight is 352 g/mol. The molecule has 3 rings (SSSR count). The molecule has 0 atom stereocenters. The van der Waals surface area contributed by atoms with Crippen LogP contribution < -0.4 is 9.47 Å². The lowest BCUT2D eigenvalue weighted by atomic mass is 10.0. The van der Waals surface area contributed by atoms with Crippen molar-refractivity contribution in [1.82, 2.24) is 15.1 Å². The maximum Gasteiger partial charge on any atom is 0.170 e. The third-order valence-electron chi connectivity index (χ3n) is 3.82. The van der Waals surface area contributed by atoms with Gasteiger partial charge in [0.15, 0.2) is 11.5 Å². The monoisotopic (exact) mass is 351 g/mol. The van der Waals surface area contributed by atoms with Crippen molar-refractivity contribution >= 4 is 15.9 Å². The van der Waals surface area contributed by atoms with Crippen LogP contribution in [0.3, 0.4) is 0 Å². The molecular weight excluding hydrogens is 334 g/mol. The number of H-pyrrole nitrogens is 1. The fourth-order valence-corrected chi connectivity index (χ4v) is 3.20. The molecule has 2 heterocycles. The molecule has 112 valence electrons. The van der Waals surface area contributed by atoms with Crippen molar-refractivity contribution in [1.29, 1.82) is 0 Å². The molecular formula is C15H18BrN3O2. The van der Waals surface area contributed by atoms with E-state index >= 15 is 0 Å². The van der Waals surface area contributed by atoms with Gasteiger partial charge in [-0.05, 0) is 19.2 Å². The van der Waals surface area contributed by atoms with E-state index in [1.54, 1.807) is 14.2 Å². The third kappa shape index (κ3) is 2.53. The molecule has 1 aromatic carbocycles. The molecule has 6 heteroatoms. The van der Waals surface area contributed by atoms with Crippen LogP contribution in [0, 0.1) is 0 Å². The van der Waals surface area contributed by atoms with Crippen LogP contribution in [-0.2, 0) is 13.0 Å². The van der Waals surface area contributed by atoms with Crippen LogP contribution >= 0.6 is 15.9 Å². The van der Waals surface area contributed by atoms with Crippen molar-refractivity contribution in [2.24, 2.45) is 0 Å². The summed E-state index contributed by atoms with van der Waals surface area (Å²) in [5, 5.41) is 7.68. The number of rotatable bonds is 3. The number of hydrogen-bond acceptors (Lipinski definition) is 4. The van der Waals surface area contributed by atoms with Gasteiger partial charge in [0.05, 0.1) is 14.2 Å². The minimum absolute atomic E-state index is 0.697. The molecule has 0 spiro atoms. The molecule has 0 saturated carbocycles. The predicted molar refractivity (Wildman–Crippen MR) is 84.9 cm³/mol. The van der Waals surface area contributed by atoms with Gasteiger partial charge in [-0.2, -0.15) is 5.10 Å². The fraction of sp³-hybridized carbons (Fsp3) is 0.400. The summed E-state index contributed by atoms with van der Waals surface area (Å²) in [5.41, 5.74) is 4.33. The molecule has 0 unspecified atom stereocenters. The largest absolute Gasteiger partial charge is 0.493 e. The Morgan fingerprint density at radius 2 is 2.10 bits per heavy atom. The maximum atomic E-state index is 5.55. The molecule has 1 aliphatic heterocycles. The van der Waals surface area contributed by atoms with Gasteiger partial charge < -0.3 is 14.4 Å². The van der Waals surface area contributed by atoms with Crippen LogP contribution in [0.5, 0.6) is 11.5 Å². The molecule has 1 N–H and O–H groups in total. The minimum atomic E-state index is 0.697. The number of methoxy groups -OCH3 is 2. The molecule has 1 aromatic heterocycles. The average Bonchev–Trinajstić information content (AvgIpc) is 2.89. The highest BCUT2D eigenvalue weighted by atomic mass is 79.9. The molecule has 1 aliphatic rings. The number of nitrogens with zero attached hydrogens (tertiary/aromatic N) is 2. The number of aromatic amines is 1. The van der Waals surface area contributed by atoms with Gasteiger partial charge in [0, 0.05) is 40.8 Å². The normalized spacial score (nSPS) is 14.9. The molecule has 2 aromatic rings. The SMILES string of the molecule is COc1cc(Br)cc(-c2n[nH]c3c2CN(C)CC3)c1OC. The summed E-state index contributed by atoms with van der Waals surface area (Å²) in [6, 6.07) is 3.92. The van der Waals surface area contributed by atoms with Gasteiger partial charge in [-0.1, -0.05) is 15.9 Å². The van der Waals surface area contributed by atoms with E-state index in [4.69, 9.17) is 9.47 Å². The molecule has 0 saturated heterocycles. The first-order valence-electron chi connectivity index (χ1n) is 6.80. The van der Waals surface area contributed by atoms with Crippen LogP contribution in [0.2, 0.25) is 0 Å². The highest BCUT2D eigenvalue weighted by Crippen LogP contribution is 2.42. The maximum absolute atomic E-state index is 5.55. The Labute approximate surface area is 132 Å². The Morgan fingerprint density at radius 3 is 2.81 bits per heavy atom. The summed E-state index contributed by atoms with van der Waals surface area (Å²) >= 11 is 3.53. The lowest BCUT2D eigenvalue weighted by Gasteiger charge is -2.22. The van der Waals surface area contributed by atoms with Crippen molar-refractivity contribution in [2.75, 3.05) is 27.8 Å². The van der Waals surface area contributed by atoms with Crippen molar-refractivity contribution < 1.29 is 9.47 Å². The van der Waals surface area contributed by atoms with E-state index in [0.717, 1.165) is 35.2 Å². The first kappa shape index (κ1) is 14.4. The summed E-state index contributed by atoms with van der Waals surface area (Å²) in [6.07, 6.45) is 0.992. The van der Waals surface area contributed by atoms with E-state index in [2.05, 4.69) is 38.1 Å². The summed E-state index contributed by atoms with van der Waals surface area (Å²) in [7, 11) is 5.42. The number of fused-ring (bicyclic) bond motifs is 1. The van der Waals surface area contributed by atoms with E-state index in [-0.39, 0.29) is 0 Å². The molecule has 0 amide bonds. The highest BCUT2D eigenvalue weighted by Gasteiger charge is 2.24. The molecule has 0 aliphatic carbocycles. The zero-order valence-electron chi connectivity index (χ0n) is 12.4. The third-order valence-corrected chi connectivity index (χ3v) is 4.28. The Bertz CT molecular complexity index is 669. The Hall–Kier alpha value is -1.53. The van der Waals surface area contributed by atoms with Crippen LogP contribution in [0.4, 0.5) is 0 Å². The van der Waals surface area contributed by atoms with Gasteiger partial charge in [-0.3, -0.25) is 5.10 Å². The number of likely N-dealkylation sites (N-methyl/N-ethyl adjacent to an activating group) is 1. The lowest BCUT2D eigenvalue weighted by molar-refractivity contribution is 0.312. The number of aromatic nitrogens is 2. The van der Waals surface area contributed by atoms with Crippen molar-refractivity contribution in [3.8, 4) is 22.8 Å². The quantitative estimate of drug-likeness (QED) is 0.923. The number of ether oxygens (including phenoxy) is 2. The van der Waals surface area contributed by atoms with Crippen LogP contribution in [0.25, 0.3) is 11.3 Å². The van der Waals surface area contributed by atoms with Crippen molar-refractivity contribution in [3.05, 3.63) is 27.9 Å². The van der Waals surface area contributed by atoms with Gasteiger partial charge in [-0.15, -0.1) is 0 Å². The first-order chi connectivity index (χ1) is 10.1. The second kappa shape index (κ2) is 5.69. The summed E-state index contributed by atoms with van der Waals surface area (Å²) < 4.78 is 11.9. The van der Waals surface area contributed by atoms with Crippen molar-refractivity contribution in [2.45, 2.75) is 13.0 Å².